The quantitative estimate of drug-likeness (QED) is 0.723. The van der Waals surface area contributed by atoms with Crippen LogP contribution in [0.4, 0.5) is 5.69 Å². The minimum absolute atomic E-state index is 0.00122. The van der Waals surface area contributed by atoms with Crippen LogP contribution in [0.2, 0.25) is 0 Å². The molecule has 0 radical (unpaired) electrons. The lowest BCUT2D eigenvalue weighted by molar-refractivity contribution is -0.120. The first kappa shape index (κ1) is 11.8. The van der Waals surface area contributed by atoms with Gasteiger partial charge in [0.05, 0.1) is 18.3 Å². The summed E-state index contributed by atoms with van der Waals surface area (Å²) < 4.78 is 0. The van der Waals surface area contributed by atoms with Gasteiger partial charge in [0.15, 0.2) is 0 Å². The average molecular weight is 225 g/mol. The molecule has 5 heteroatoms. The first-order valence-electron chi connectivity index (χ1n) is 4.68. The number of nitrogens with zero attached hydrogens (tertiary/aromatic N) is 1. The van der Waals surface area contributed by atoms with Gasteiger partial charge >= 0.3 is 0 Å². The predicted molar refractivity (Wildman–Crippen MR) is 63.7 cm³/mol. The maximum Gasteiger partial charge on any atom is 0.226 e. The Kier molecular flexibility index (Phi) is 4.97. The zero-order valence-corrected chi connectivity index (χ0v) is 9.51. The van der Waals surface area contributed by atoms with Crippen LogP contribution in [0.3, 0.4) is 0 Å². The summed E-state index contributed by atoms with van der Waals surface area (Å²) in [6, 6.07) is 3.51. The molecule has 0 fully saturated rings. The highest BCUT2D eigenvalue weighted by molar-refractivity contribution is 7.98. The van der Waals surface area contributed by atoms with Crippen LogP contribution in [0.15, 0.2) is 18.3 Å². The fraction of sp³-hybridized carbons (Fsp3) is 0.400. The average Bonchev–Trinajstić information content (AvgIpc) is 2.22. The summed E-state index contributed by atoms with van der Waals surface area (Å²) in [6.07, 6.45) is 3.88. The number of carbonyl (C=O) groups excluding carboxylic acids is 1. The SMILES string of the molecule is CSCCNC(=O)Cc1ccc(N)cn1. The van der Waals surface area contributed by atoms with Crippen LogP contribution in [0.5, 0.6) is 0 Å². The molecule has 1 heterocycles. The van der Waals surface area contributed by atoms with Crippen molar-refractivity contribution in [1.82, 2.24) is 10.3 Å². The van der Waals surface area contributed by atoms with Gasteiger partial charge in [-0.05, 0) is 18.4 Å². The molecule has 0 saturated heterocycles. The van der Waals surface area contributed by atoms with E-state index in [1.54, 1.807) is 30.1 Å². The summed E-state index contributed by atoms with van der Waals surface area (Å²) in [5.74, 6) is 0.933. The summed E-state index contributed by atoms with van der Waals surface area (Å²) in [6.45, 7) is 0.703. The minimum Gasteiger partial charge on any atom is -0.397 e. The number of anilines is 1. The van der Waals surface area contributed by atoms with Gasteiger partial charge in [0.2, 0.25) is 5.91 Å². The molecule has 0 atom stereocenters. The number of pyridine rings is 1. The monoisotopic (exact) mass is 225 g/mol. The van der Waals surface area contributed by atoms with E-state index >= 15 is 0 Å². The summed E-state index contributed by atoms with van der Waals surface area (Å²) >= 11 is 1.70. The van der Waals surface area contributed by atoms with Crippen LogP contribution in [0, 0.1) is 0 Å². The second-order valence-corrected chi connectivity index (χ2v) is 4.09. The van der Waals surface area contributed by atoms with Gasteiger partial charge in [-0.1, -0.05) is 0 Å². The lowest BCUT2D eigenvalue weighted by atomic mass is 10.2. The molecule has 1 rings (SSSR count). The predicted octanol–water partition coefficient (Wildman–Crippen LogP) is 0.685. The molecule has 15 heavy (non-hydrogen) atoms. The molecule has 1 aromatic heterocycles. The van der Waals surface area contributed by atoms with E-state index in [1.165, 1.54) is 0 Å². The number of hydrogen-bond donors (Lipinski definition) is 2. The molecule has 0 aliphatic rings. The number of carbonyl (C=O) groups is 1. The van der Waals surface area contributed by atoms with E-state index in [-0.39, 0.29) is 5.91 Å². The van der Waals surface area contributed by atoms with E-state index in [0.717, 1.165) is 11.4 Å². The molecular weight excluding hydrogens is 210 g/mol. The minimum atomic E-state index is 0.00122. The molecule has 0 unspecified atom stereocenters. The molecule has 4 nitrogen and oxygen atoms in total. The summed E-state index contributed by atoms with van der Waals surface area (Å²) in [4.78, 5) is 15.4. The number of aromatic nitrogens is 1. The topological polar surface area (TPSA) is 68.0 Å². The second kappa shape index (κ2) is 6.29. The van der Waals surface area contributed by atoms with Crippen molar-refractivity contribution in [2.24, 2.45) is 0 Å². The Bertz CT molecular complexity index is 313. The normalized spacial score (nSPS) is 9.93. The summed E-state index contributed by atoms with van der Waals surface area (Å²) in [5.41, 5.74) is 6.84. The third-order valence-corrected chi connectivity index (χ3v) is 2.43. The molecule has 1 amide bonds. The van der Waals surface area contributed by atoms with Crippen LogP contribution in [-0.4, -0.2) is 29.4 Å². The first-order valence-corrected chi connectivity index (χ1v) is 6.08. The number of rotatable bonds is 5. The zero-order chi connectivity index (χ0) is 11.1. The van der Waals surface area contributed by atoms with Crippen LogP contribution in [0.25, 0.3) is 0 Å². The fourth-order valence-electron chi connectivity index (χ4n) is 1.06. The van der Waals surface area contributed by atoms with Crippen LogP contribution < -0.4 is 11.1 Å². The Hall–Kier alpha value is -1.23. The number of nitrogens with one attached hydrogen (secondary N) is 1. The Balaban J connectivity index is 2.34. The van der Waals surface area contributed by atoms with E-state index in [4.69, 9.17) is 5.73 Å². The van der Waals surface area contributed by atoms with E-state index in [9.17, 15) is 4.79 Å². The number of nitrogens with two attached hydrogens (primary N) is 1. The zero-order valence-electron chi connectivity index (χ0n) is 8.69. The smallest absolute Gasteiger partial charge is 0.226 e. The molecule has 1 aromatic rings. The Labute approximate surface area is 93.7 Å². The summed E-state index contributed by atoms with van der Waals surface area (Å²) in [5, 5.41) is 2.82. The van der Waals surface area contributed by atoms with Crippen LogP contribution >= 0.6 is 11.8 Å². The van der Waals surface area contributed by atoms with E-state index in [1.807, 2.05) is 6.26 Å². The molecular formula is C10H15N3OS. The maximum atomic E-state index is 11.4. The molecule has 0 bridgehead atoms. The Morgan fingerprint density at radius 1 is 1.60 bits per heavy atom. The van der Waals surface area contributed by atoms with E-state index in [2.05, 4.69) is 10.3 Å². The largest absolute Gasteiger partial charge is 0.397 e. The highest BCUT2D eigenvalue weighted by Crippen LogP contribution is 2.01. The molecule has 3 N–H and O–H groups in total. The van der Waals surface area contributed by atoms with Gasteiger partial charge in [-0.2, -0.15) is 11.8 Å². The fourth-order valence-corrected chi connectivity index (χ4v) is 1.37. The molecule has 82 valence electrons. The first-order chi connectivity index (χ1) is 7.22. The number of thioether (sulfide) groups is 1. The Morgan fingerprint density at radius 3 is 3.00 bits per heavy atom. The second-order valence-electron chi connectivity index (χ2n) is 3.10. The molecule has 0 saturated carbocycles. The van der Waals surface area contributed by atoms with Crippen molar-refractivity contribution >= 4 is 23.4 Å². The molecule has 0 aromatic carbocycles. The third-order valence-electron chi connectivity index (χ3n) is 1.82. The van der Waals surface area contributed by atoms with Gasteiger partial charge < -0.3 is 11.1 Å². The highest BCUT2D eigenvalue weighted by atomic mass is 32.2. The maximum absolute atomic E-state index is 11.4. The van der Waals surface area contributed by atoms with Crippen molar-refractivity contribution in [2.45, 2.75) is 6.42 Å². The van der Waals surface area contributed by atoms with Gasteiger partial charge in [-0.25, -0.2) is 0 Å². The molecule has 0 aliphatic carbocycles. The van der Waals surface area contributed by atoms with Gasteiger partial charge in [0.1, 0.15) is 0 Å². The van der Waals surface area contributed by atoms with Gasteiger partial charge in [0.25, 0.3) is 0 Å². The lowest BCUT2D eigenvalue weighted by Gasteiger charge is -2.03. The lowest BCUT2D eigenvalue weighted by Crippen LogP contribution is -2.27. The highest BCUT2D eigenvalue weighted by Gasteiger charge is 2.02. The summed E-state index contributed by atoms with van der Waals surface area (Å²) in [7, 11) is 0. The van der Waals surface area contributed by atoms with Crippen molar-refractivity contribution in [2.75, 3.05) is 24.3 Å². The van der Waals surface area contributed by atoms with Crippen molar-refractivity contribution in [3.05, 3.63) is 24.0 Å². The van der Waals surface area contributed by atoms with Crippen molar-refractivity contribution in [3.8, 4) is 0 Å². The Morgan fingerprint density at radius 2 is 2.40 bits per heavy atom. The molecule has 0 spiro atoms. The number of hydrogen-bond acceptors (Lipinski definition) is 4. The van der Waals surface area contributed by atoms with Crippen LogP contribution in [0.1, 0.15) is 5.69 Å². The van der Waals surface area contributed by atoms with Gasteiger partial charge in [-0.3, -0.25) is 9.78 Å². The standard InChI is InChI=1S/C10H15N3OS/c1-15-5-4-12-10(14)6-9-3-2-8(11)7-13-9/h2-3,7H,4-6,11H2,1H3,(H,12,14). The third kappa shape index (κ3) is 4.69. The number of nitrogen functional groups attached to an aromatic ring is 1. The van der Waals surface area contributed by atoms with E-state index in [0.29, 0.717) is 18.7 Å². The van der Waals surface area contributed by atoms with Crippen molar-refractivity contribution in [3.63, 3.8) is 0 Å². The van der Waals surface area contributed by atoms with Crippen molar-refractivity contribution in [1.29, 1.82) is 0 Å². The number of amides is 1. The molecule has 0 aliphatic heterocycles. The van der Waals surface area contributed by atoms with Crippen LogP contribution in [-0.2, 0) is 11.2 Å². The van der Waals surface area contributed by atoms with Crippen molar-refractivity contribution < 1.29 is 4.79 Å². The van der Waals surface area contributed by atoms with Gasteiger partial charge in [0, 0.05) is 18.0 Å². The van der Waals surface area contributed by atoms with Gasteiger partial charge in [-0.15, -0.1) is 0 Å². The van der Waals surface area contributed by atoms with E-state index < -0.39 is 0 Å².